The molecule has 5 nitrogen and oxygen atoms in total. The molecule has 1 aliphatic carbocycles. The standard InChI is InChI=1S/C16H34N4OSi2/c1-13(21)16-14(17-19(2)22(4,5)6)11-10-12-15(16)18-20(3)23(7,8)9/h16H,10-12H2,1-9H3. The highest BCUT2D eigenvalue weighted by atomic mass is 28.3. The average Bonchev–Trinajstić information content (AvgIpc) is 2.36. The highest BCUT2D eigenvalue weighted by molar-refractivity contribution is 6.73. The van der Waals surface area contributed by atoms with Crippen molar-refractivity contribution in [1.29, 1.82) is 0 Å². The third-order valence-corrected chi connectivity index (χ3v) is 8.52. The summed E-state index contributed by atoms with van der Waals surface area (Å²) in [5.41, 5.74) is 1.99. The van der Waals surface area contributed by atoms with Gasteiger partial charge in [-0.3, -0.25) is 4.79 Å². The van der Waals surface area contributed by atoms with Crippen molar-refractivity contribution in [2.75, 3.05) is 14.1 Å². The SMILES string of the molecule is CC(=O)C1C(=NN(C)[Si](C)(C)C)CCCC1=NN(C)[Si](C)(C)C. The second kappa shape index (κ2) is 7.29. The van der Waals surface area contributed by atoms with E-state index in [4.69, 9.17) is 10.2 Å². The van der Waals surface area contributed by atoms with Gasteiger partial charge >= 0.3 is 0 Å². The molecule has 23 heavy (non-hydrogen) atoms. The van der Waals surface area contributed by atoms with Crippen LogP contribution in [0.5, 0.6) is 0 Å². The molecule has 0 unspecified atom stereocenters. The van der Waals surface area contributed by atoms with E-state index in [0.717, 1.165) is 30.7 Å². The van der Waals surface area contributed by atoms with Crippen LogP contribution in [0.2, 0.25) is 39.3 Å². The number of rotatable bonds is 5. The molecule has 132 valence electrons. The van der Waals surface area contributed by atoms with Crippen LogP contribution < -0.4 is 0 Å². The van der Waals surface area contributed by atoms with Gasteiger partial charge in [0.05, 0.1) is 17.3 Å². The molecular weight excluding hydrogens is 320 g/mol. The van der Waals surface area contributed by atoms with E-state index in [0.29, 0.717) is 0 Å². The molecule has 1 fully saturated rings. The molecule has 0 bridgehead atoms. The topological polar surface area (TPSA) is 48.3 Å². The zero-order chi connectivity index (χ0) is 18.0. The number of hydrogen-bond donors (Lipinski definition) is 0. The van der Waals surface area contributed by atoms with Gasteiger partial charge in [0.1, 0.15) is 5.78 Å². The smallest absolute Gasteiger partial charge is 0.168 e. The summed E-state index contributed by atoms with van der Waals surface area (Å²) in [5, 5.41) is 9.66. The van der Waals surface area contributed by atoms with Gasteiger partial charge in [-0.25, -0.2) is 0 Å². The number of carbonyl (C=O) groups excluding carboxylic acids is 1. The van der Waals surface area contributed by atoms with Gasteiger partial charge in [0.2, 0.25) is 0 Å². The van der Waals surface area contributed by atoms with E-state index in [1.54, 1.807) is 6.92 Å². The van der Waals surface area contributed by atoms with E-state index in [1.165, 1.54) is 0 Å². The van der Waals surface area contributed by atoms with Gasteiger partial charge in [-0.05, 0) is 26.2 Å². The Labute approximate surface area is 144 Å². The van der Waals surface area contributed by atoms with Crippen LogP contribution in [-0.2, 0) is 4.79 Å². The van der Waals surface area contributed by atoms with Gasteiger partial charge in [0, 0.05) is 14.1 Å². The number of ketones is 1. The van der Waals surface area contributed by atoms with Crippen molar-refractivity contribution in [2.45, 2.75) is 65.5 Å². The molecule has 0 spiro atoms. The second-order valence-electron chi connectivity index (χ2n) is 8.47. The molecule has 0 aromatic heterocycles. The van der Waals surface area contributed by atoms with E-state index >= 15 is 0 Å². The van der Waals surface area contributed by atoms with Gasteiger partial charge < -0.3 is 9.35 Å². The molecule has 0 amide bonds. The molecular formula is C16H34N4OSi2. The van der Waals surface area contributed by atoms with Gasteiger partial charge in [-0.1, -0.05) is 39.3 Å². The molecule has 1 saturated carbocycles. The van der Waals surface area contributed by atoms with Crippen LogP contribution in [0.4, 0.5) is 0 Å². The average molecular weight is 355 g/mol. The lowest BCUT2D eigenvalue weighted by molar-refractivity contribution is -0.117. The summed E-state index contributed by atoms with van der Waals surface area (Å²) >= 11 is 0. The first-order valence-electron chi connectivity index (χ1n) is 8.47. The normalized spacial score (nSPS) is 23.3. The lowest BCUT2D eigenvalue weighted by Gasteiger charge is -2.33. The van der Waals surface area contributed by atoms with Crippen LogP contribution >= 0.6 is 0 Å². The first kappa shape index (κ1) is 20.1. The third kappa shape index (κ3) is 5.56. The fourth-order valence-corrected chi connectivity index (χ4v) is 3.16. The van der Waals surface area contributed by atoms with Crippen LogP contribution in [0, 0.1) is 5.92 Å². The molecule has 7 heteroatoms. The van der Waals surface area contributed by atoms with Crippen molar-refractivity contribution in [3.8, 4) is 0 Å². The highest BCUT2D eigenvalue weighted by Gasteiger charge is 2.33. The Morgan fingerprint density at radius 1 is 0.913 bits per heavy atom. The lowest BCUT2D eigenvalue weighted by Crippen LogP contribution is -2.44. The Morgan fingerprint density at radius 3 is 1.52 bits per heavy atom. The molecule has 0 aromatic rings. The molecule has 0 aromatic carbocycles. The van der Waals surface area contributed by atoms with Crippen LogP contribution in [0.1, 0.15) is 26.2 Å². The van der Waals surface area contributed by atoms with Crippen LogP contribution in [-0.4, -0.2) is 57.1 Å². The minimum Gasteiger partial charge on any atom is -0.328 e. The van der Waals surface area contributed by atoms with Crippen LogP contribution in [0.3, 0.4) is 0 Å². The lowest BCUT2D eigenvalue weighted by atomic mass is 9.83. The van der Waals surface area contributed by atoms with E-state index in [2.05, 4.69) is 48.6 Å². The van der Waals surface area contributed by atoms with Gasteiger partial charge in [0.15, 0.2) is 16.5 Å². The molecule has 0 radical (unpaired) electrons. The van der Waals surface area contributed by atoms with Crippen molar-refractivity contribution in [3.05, 3.63) is 0 Å². The summed E-state index contributed by atoms with van der Waals surface area (Å²) in [6.45, 7) is 15.2. The molecule has 1 aliphatic rings. The van der Waals surface area contributed by atoms with Crippen LogP contribution in [0.25, 0.3) is 0 Å². The Balaban J connectivity index is 3.18. The van der Waals surface area contributed by atoms with E-state index < -0.39 is 16.5 Å². The van der Waals surface area contributed by atoms with E-state index in [-0.39, 0.29) is 11.7 Å². The fraction of sp³-hybridized carbons (Fsp3) is 0.812. The first-order valence-corrected chi connectivity index (χ1v) is 15.4. The monoisotopic (exact) mass is 354 g/mol. The summed E-state index contributed by atoms with van der Waals surface area (Å²) < 4.78 is 4.20. The number of carbonyl (C=O) groups is 1. The quantitative estimate of drug-likeness (QED) is 0.559. The van der Waals surface area contributed by atoms with Crippen molar-refractivity contribution in [2.24, 2.45) is 16.1 Å². The summed E-state index contributed by atoms with van der Waals surface area (Å²) in [4.78, 5) is 12.3. The Bertz CT molecular complexity index is 465. The Hall–Kier alpha value is -0.956. The summed E-state index contributed by atoms with van der Waals surface area (Å²) in [6.07, 6.45) is 2.82. The van der Waals surface area contributed by atoms with Gasteiger partial charge in [-0.15, -0.1) is 0 Å². The van der Waals surface area contributed by atoms with Gasteiger partial charge in [-0.2, -0.15) is 10.2 Å². The van der Waals surface area contributed by atoms with E-state index in [1.807, 2.05) is 14.1 Å². The maximum absolute atomic E-state index is 12.3. The van der Waals surface area contributed by atoms with Crippen LogP contribution in [0.15, 0.2) is 10.2 Å². The zero-order valence-corrected chi connectivity index (χ0v) is 18.4. The summed E-state index contributed by atoms with van der Waals surface area (Å²) in [6, 6.07) is 0. The minimum absolute atomic E-state index is 0.162. The second-order valence-corrected chi connectivity index (χ2v) is 18.4. The molecule has 0 saturated heterocycles. The highest BCUT2D eigenvalue weighted by Crippen LogP contribution is 2.24. The molecule has 0 aliphatic heterocycles. The molecule has 1 rings (SSSR count). The molecule has 0 N–H and O–H groups in total. The van der Waals surface area contributed by atoms with Crippen molar-refractivity contribution >= 4 is 33.7 Å². The van der Waals surface area contributed by atoms with Crippen molar-refractivity contribution < 1.29 is 4.79 Å². The summed E-state index contributed by atoms with van der Waals surface area (Å²) in [7, 11) is 1.07. The maximum atomic E-state index is 12.3. The largest absolute Gasteiger partial charge is 0.328 e. The summed E-state index contributed by atoms with van der Waals surface area (Å²) in [5.74, 6) is -0.0727. The number of Topliss-reactive ketones (excluding diaryl/α,β-unsaturated/α-hetero) is 1. The molecule has 0 heterocycles. The number of nitrogens with zero attached hydrogens (tertiary/aromatic N) is 4. The Morgan fingerprint density at radius 2 is 1.26 bits per heavy atom. The van der Waals surface area contributed by atoms with Crippen molar-refractivity contribution in [3.63, 3.8) is 0 Å². The zero-order valence-electron chi connectivity index (χ0n) is 16.4. The molecule has 0 atom stereocenters. The maximum Gasteiger partial charge on any atom is 0.168 e. The number of hydrogen-bond acceptors (Lipinski definition) is 5. The van der Waals surface area contributed by atoms with Gasteiger partial charge in [0.25, 0.3) is 0 Å². The fourth-order valence-electron chi connectivity index (χ4n) is 2.30. The first-order chi connectivity index (χ1) is 10.3. The predicted octanol–water partition coefficient (Wildman–Crippen LogP) is 3.62. The van der Waals surface area contributed by atoms with E-state index in [9.17, 15) is 4.79 Å². The van der Waals surface area contributed by atoms with Crippen molar-refractivity contribution in [1.82, 2.24) is 9.35 Å². The number of hydrazone groups is 2. The third-order valence-electron chi connectivity index (χ3n) is 4.44. The predicted molar refractivity (Wildman–Crippen MR) is 105 cm³/mol. The minimum atomic E-state index is -1.50. The Kier molecular flexibility index (Phi) is 6.37.